The van der Waals surface area contributed by atoms with Gasteiger partial charge in [-0.25, -0.2) is 13.8 Å². The summed E-state index contributed by atoms with van der Waals surface area (Å²) in [4.78, 5) is 27.7. The van der Waals surface area contributed by atoms with Crippen molar-refractivity contribution < 1.29 is 18.4 Å². The Kier molecular flexibility index (Phi) is 6.32. The standard InChI is InChI=1S/C24H26F2N4O2/c1-29(2)14-22(31)27-23(16-8-9-16)24(32)30-21(15-6-4-3-5-7-15)13-20(28-30)18-12-17(25)10-11-19(18)26/h3-7,10-12,16,21,23H,8-9,13-14H2,1-2H3,(H,27,31). The number of hydrogen-bond acceptors (Lipinski definition) is 4. The van der Waals surface area contributed by atoms with Crippen LogP contribution in [0.2, 0.25) is 0 Å². The number of hydrogen-bond donors (Lipinski definition) is 1. The molecule has 2 aromatic carbocycles. The molecule has 0 spiro atoms. The smallest absolute Gasteiger partial charge is 0.266 e. The lowest BCUT2D eigenvalue weighted by Crippen LogP contribution is -2.50. The van der Waals surface area contributed by atoms with Crippen molar-refractivity contribution in [2.45, 2.75) is 31.3 Å². The van der Waals surface area contributed by atoms with Crippen LogP contribution in [0.4, 0.5) is 8.78 Å². The Morgan fingerprint density at radius 2 is 1.88 bits per heavy atom. The van der Waals surface area contributed by atoms with Crippen molar-refractivity contribution in [3.8, 4) is 0 Å². The summed E-state index contributed by atoms with van der Waals surface area (Å²) in [6.45, 7) is 0.168. The van der Waals surface area contributed by atoms with E-state index in [1.54, 1.807) is 19.0 Å². The van der Waals surface area contributed by atoms with E-state index in [2.05, 4.69) is 10.4 Å². The monoisotopic (exact) mass is 440 g/mol. The Morgan fingerprint density at radius 1 is 1.16 bits per heavy atom. The zero-order chi connectivity index (χ0) is 22.8. The van der Waals surface area contributed by atoms with Crippen LogP contribution in [0, 0.1) is 17.6 Å². The number of halogens is 2. The van der Waals surface area contributed by atoms with Crippen LogP contribution >= 0.6 is 0 Å². The minimum atomic E-state index is -0.700. The minimum absolute atomic E-state index is 0.0425. The van der Waals surface area contributed by atoms with Crippen LogP contribution in [0.5, 0.6) is 0 Å². The molecule has 4 rings (SSSR count). The van der Waals surface area contributed by atoms with Gasteiger partial charge in [0.25, 0.3) is 5.91 Å². The average Bonchev–Trinajstić information content (AvgIpc) is 3.51. The average molecular weight is 440 g/mol. The van der Waals surface area contributed by atoms with Gasteiger partial charge in [-0.15, -0.1) is 0 Å². The second-order valence-electron chi connectivity index (χ2n) is 8.60. The molecular weight excluding hydrogens is 414 g/mol. The van der Waals surface area contributed by atoms with E-state index in [4.69, 9.17) is 0 Å². The van der Waals surface area contributed by atoms with E-state index in [1.165, 1.54) is 5.01 Å². The fourth-order valence-corrected chi connectivity index (χ4v) is 3.99. The summed E-state index contributed by atoms with van der Waals surface area (Å²) in [7, 11) is 3.56. The van der Waals surface area contributed by atoms with Gasteiger partial charge in [0.2, 0.25) is 5.91 Å². The fraction of sp³-hybridized carbons (Fsp3) is 0.375. The molecule has 1 aliphatic heterocycles. The topological polar surface area (TPSA) is 65.0 Å². The summed E-state index contributed by atoms with van der Waals surface area (Å²) in [6, 6.07) is 11.4. The van der Waals surface area contributed by atoms with Crippen LogP contribution in [-0.2, 0) is 9.59 Å². The molecule has 0 aromatic heterocycles. The summed E-state index contributed by atoms with van der Waals surface area (Å²) in [6.07, 6.45) is 1.94. The first-order valence-corrected chi connectivity index (χ1v) is 10.7. The third-order valence-electron chi connectivity index (χ3n) is 5.70. The molecule has 2 amide bonds. The minimum Gasteiger partial charge on any atom is -0.343 e. The highest BCUT2D eigenvalue weighted by molar-refractivity contribution is 6.04. The number of carbonyl (C=O) groups is 2. The van der Waals surface area contributed by atoms with Crippen LogP contribution in [0.15, 0.2) is 53.6 Å². The quantitative estimate of drug-likeness (QED) is 0.720. The molecule has 1 saturated carbocycles. The van der Waals surface area contributed by atoms with Gasteiger partial charge in [-0.3, -0.25) is 9.59 Å². The highest BCUT2D eigenvalue weighted by Crippen LogP contribution is 2.38. The summed E-state index contributed by atoms with van der Waals surface area (Å²) < 4.78 is 28.3. The van der Waals surface area contributed by atoms with E-state index in [-0.39, 0.29) is 36.3 Å². The maximum atomic E-state index is 14.5. The number of nitrogens with zero attached hydrogens (tertiary/aromatic N) is 3. The van der Waals surface area contributed by atoms with Gasteiger partial charge < -0.3 is 10.2 Å². The molecule has 32 heavy (non-hydrogen) atoms. The van der Waals surface area contributed by atoms with Gasteiger partial charge in [0.1, 0.15) is 17.7 Å². The molecule has 1 heterocycles. The summed E-state index contributed by atoms with van der Waals surface area (Å²) >= 11 is 0. The van der Waals surface area contributed by atoms with Gasteiger partial charge in [-0.2, -0.15) is 5.10 Å². The molecular formula is C24H26F2N4O2. The highest BCUT2D eigenvalue weighted by Gasteiger charge is 2.43. The van der Waals surface area contributed by atoms with Crippen LogP contribution in [-0.4, -0.2) is 54.1 Å². The maximum Gasteiger partial charge on any atom is 0.266 e. The second-order valence-corrected chi connectivity index (χ2v) is 8.60. The summed E-state index contributed by atoms with van der Waals surface area (Å²) in [5.74, 6) is -1.69. The van der Waals surface area contributed by atoms with E-state index in [1.807, 2.05) is 30.3 Å². The van der Waals surface area contributed by atoms with Crippen molar-refractivity contribution in [2.75, 3.05) is 20.6 Å². The maximum absolute atomic E-state index is 14.5. The van der Waals surface area contributed by atoms with Gasteiger partial charge in [0, 0.05) is 12.0 Å². The first kappa shape index (κ1) is 22.1. The summed E-state index contributed by atoms with van der Waals surface area (Å²) in [5.41, 5.74) is 1.18. The highest BCUT2D eigenvalue weighted by atomic mass is 19.1. The molecule has 2 aliphatic rings. The Bertz CT molecular complexity index is 1040. The number of rotatable bonds is 7. The summed E-state index contributed by atoms with van der Waals surface area (Å²) in [5, 5.41) is 8.65. The molecule has 2 aromatic rings. The number of hydrazone groups is 1. The molecule has 6 nitrogen and oxygen atoms in total. The van der Waals surface area contributed by atoms with Crippen molar-refractivity contribution in [2.24, 2.45) is 11.0 Å². The van der Waals surface area contributed by atoms with E-state index < -0.39 is 23.7 Å². The first-order valence-electron chi connectivity index (χ1n) is 10.7. The molecule has 1 aliphatic carbocycles. The van der Waals surface area contributed by atoms with Crippen LogP contribution in [0.25, 0.3) is 0 Å². The molecule has 8 heteroatoms. The lowest BCUT2D eigenvalue weighted by Gasteiger charge is -2.27. The Labute approximate surface area is 185 Å². The largest absolute Gasteiger partial charge is 0.343 e. The van der Waals surface area contributed by atoms with Crippen molar-refractivity contribution in [1.82, 2.24) is 15.2 Å². The Balaban J connectivity index is 1.66. The fourth-order valence-electron chi connectivity index (χ4n) is 3.99. The Morgan fingerprint density at radius 3 is 2.53 bits per heavy atom. The van der Waals surface area contributed by atoms with E-state index in [0.717, 1.165) is 36.6 Å². The van der Waals surface area contributed by atoms with Gasteiger partial charge >= 0.3 is 0 Å². The predicted octanol–water partition coefficient (Wildman–Crippen LogP) is 3.10. The number of nitrogens with one attached hydrogen (secondary N) is 1. The SMILES string of the molecule is CN(C)CC(=O)NC(C(=O)N1N=C(c2cc(F)ccc2F)CC1c1ccccc1)C1CC1. The van der Waals surface area contributed by atoms with Crippen molar-refractivity contribution >= 4 is 17.5 Å². The number of amides is 2. The molecule has 0 bridgehead atoms. The van der Waals surface area contributed by atoms with Crippen molar-refractivity contribution in [3.05, 3.63) is 71.3 Å². The third-order valence-corrected chi connectivity index (χ3v) is 5.70. The normalized spacial score (nSPS) is 19.1. The molecule has 2 unspecified atom stereocenters. The van der Waals surface area contributed by atoms with Crippen LogP contribution in [0.3, 0.4) is 0 Å². The number of likely N-dealkylation sites (N-methyl/N-ethyl adjacent to an activating group) is 1. The molecule has 1 fully saturated rings. The molecule has 0 saturated heterocycles. The molecule has 1 N–H and O–H groups in total. The van der Waals surface area contributed by atoms with Crippen LogP contribution in [0.1, 0.15) is 36.4 Å². The predicted molar refractivity (Wildman–Crippen MR) is 117 cm³/mol. The lowest BCUT2D eigenvalue weighted by molar-refractivity contribution is -0.138. The van der Waals surface area contributed by atoms with E-state index >= 15 is 0 Å². The molecule has 168 valence electrons. The Hall–Kier alpha value is -3.13. The molecule has 2 atom stereocenters. The van der Waals surface area contributed by atoms with Gasteiger partial charge in [-0.1, -0.05) is 30.3 Å². The second kappa shape index (κ2) is 9.16. The number of benzene rings is 2. The van der Waals surface area contributed by atoms with Crippen LogP contribution < -0.4 is 5.32 Å². The molecule has 0 radical (unpaired) electrons. The third kappa shape index (κ3) is 4.85. The van der Waals surface area contributed by atoms with Crippen molar-refractivity contribution in [1.29, 1.82) is 0 Å². The van der Waals surface area contributed by atoms with Crippen molar-refractivity contribution in [3.63, 3.8) is 0 Å². The van der Waals surface area contributed by atoms with Gasteiger partial charge in [0.15, 0.2) is 0 Å². The zero-order valence-electron chi connectivity index (χ0n) is 18.1. The van der Waals surface area contributed by atoms with E-state index in [0.29, 0.717) is 5.71 Å². The first-order chi connectivity index (χ1) is 15.3. The number of carbonyl (C=O) groups excluding carboxylic acids is 2. The van der Waals surface area contributed by atoms with Gasteiger partial charge in [0.05, 0.1) is 18.3 Å². The van der Waals surface area contributed by atoms with E-state index in [9.17, 15) is 18.4 Å². The lowest BCUT2D eigenvalue weighted by atomic mass is 9.97. The zero-order valence-corrected chi connectivity index (χ0v) is 18.1. The van der Waals surface area contributed by atoms with Gasteiger partial charge in [-0.05, 0) is 56.6 Å².